The third kappa shape index (κ3) is 8.49. The van der Waals surface area contributed by atoms with Crippen LogP contribution >= 0.6 is 0 Å². The summed E-state index contributed by atoms with van der Waals surface area (Å²) in [5.41, 5.74) is 1.29. The Balaban J connectivity index is 1.94. The van der Waals surface area contributed by atoms with Gasteiger partial charge in [-0.3, -0.25) is 0 Å². The minimum absolute atomic E-state index is 0.495. The molecule has 7 heteroatoms. The number of nitrogens with zero attached hydrogens (tertiary/aromatic N) is 1. The summed E-state index contributed by atoms with van der Waals surface area (Å²) >= 11 is 0. The third-order valence-corrected chi connectivity index (χ3v) is 9.19. The van der Waals surface area contributed by atoms with Gasteiger partial charge in [0.25, 0.3) is 0 Å². The fourth-order valence-electron chi connectivity index (χ4n) is 2.85. The molecule has 1 aliphatic rings. The second kappa shape index (κ2) is 12.4. The number of hydrogen-bond donors (Lipinski definition) is 0. The molecule has 1 aliphatic heterocycles. The summed E-state index contributed by atoms with van der Waals surface area (Å²) in [6.45, 7) is 9.19. The zero-order valence-corrected chi connectivity index (χ0v) is 19.0. The van der Waals surface area contributed by atoms with Gasteiger partial charge < -0.3 is 28.2 Å². The fourth-order valence-corrected chi connectivity index (χ4v) is 4.34. The summed E-state index contributed by atoms with van der Waals surface area (Å²) in [4.78, 5) is 0. The molecule has 0 amide bonds. The van der Waals surface area contributed by atoms with Crippen molar-refractivity contribution in [1.82, 2.24) is 4.57 Å². The van der Waals surface area contributed by atoms with Gasteiger partial charge in [0, 0.05) is 0 Å². The normalized spacial score (nSPS) is 17.8. The first-order valence-electron chi connectivity index (χ1n) is 10.3. The van der Waals surface area contributed by atoms with Gasteiger partial charge in [-0.25, -0.2) is 0 Å². The molecule has 6 nitrogen and oxygen atoms in total. The summed E-state index contributed by atoms with van der Waals surface area (Å²) in [5, 5.41) is 0. The molecular weight excluding hydrogens is 374 g/mol. The topological polar surface area (TPSA) is 49.4 Å². The van der Waals surface area contributed by atoms with Crippen molar-refractivity contribution in [2.24, 2.45) is 0 Å². The summed E-state index contributed by atoms with van der Waals surface area (Å²) < 4.78 is 30.8. The zero-order chi connectivity index (χ0) is 20.2. The maximum atomic E-state index is 5.96. The van der Waals surface area contributed by atoms with Crippen molar-refractivity contribution in [2.75, 3.05) is 67.0 Å². The Kier molecular flexibility index (Phi) is 10.3. The van der Waals surface area contributed by atoms with Crippen LogP contribution in [0.5, 0.6) is 11.5 Å². The van der Waals surface area contributed by atoms with E-state index in [1.54, 1.807) is 0 Å². The van der Waals surface area contributed by atoms with E-state index in [2.05, 4.69) is 43.9 Å². The van der Waals surface area contributed by atoms with Gasteiger partial charge in [-0.2, -0.15) is 0 Å². The predicted octanol–water partition coefficient (Wildman–Crippen LogP) is 3.21. The quantitative estimate of drug-likeness (QED) is 0.694. The predicted molar refractivity (Wildman–Crippen MR) is 114 cm³/mol. The lowest BCUT2D eigenvalue weighted by Crippen LogP contribution is -2.43. The second-order valence-electron chi connectivity index (χ2n) is 7.88. The van der Waals surface area contributed by atoms with Crippen molar-refractivity contribution in [1.29, 1.82) is 0 Å². The van der Waals surface area contributed by atoms with Gasteiger partial charge in [0.1, 0.15) is 21.4 Å². The molecule has 0 unspecified atom stereocenters. The molecule has 0 N–H and O–H groups in total. The van der Waals surface area contributed by atoms with E-state index < -0.39 is 8.24 Å². The highest BCUT2D eigenvalue weighted by Crippen LogP contribution is 2.29. The molecule has 1 aromatic carbocycles. The lowest BCUT2D eigenvalue weighted by atomic mass is 10.1. The minimum atomic E-state index is -1.28. The molecule has 1 heterocycles. The number of benzene rings is 1. The Hall–Kier alpha value is -1.12. The number of rotatable bonds is 5. The van der Waals surface area contributed by atoms with E-state index in [9.17, 15) is 0 Å². The first kappa shape index (κ1) is 23.2. The molecule has 0 spiro atoms. The van der Waals surface area contributed by atoms with Gasteiger partial charge >= 0.3 is 0 Å². The number of hydrogen-bond acceptors (Lipinski definition) is 6. The van der Waals surface area contributed by atoms with Crippen LogP contribution in [0.25, 0.3) is 0 Å². The molecule has 0 aromatic heterocycles. The lowest BCUT2D eigenvalue weighted by molar-refractivity contribution is 0.00708. The van der Waals surface area contributed by atoms with Crippen molar-refractivity contribution in [3.63, 3.8) is 0 Å². The molecule has 0 saturated carbocycles. The van der Waals surface area contributed by atoms with E-state index in [0.717, 1.165) is 17.9 Å². The van der Waals surface area contributed by atoms with Gasteiger partial charge in [0.15, 0.2) is 11.5 Å². The Morgan fingerprint density at radius 3 is 1.89 bits per heavy atom. The number of aryl methyl sites for hydroxylation is 1. The van der Waals surface area contributed by atoms with E-state index in [1.165, 1.54) is 18.0 Å². The molecule has 160 valence electrons. The molecule has 1 aromatic rings. The van der Waals surface area contributed by atoms with Gasteiger partial charge in [0.05, 0.1) is 39.6 Å². The number of ether oxygens (including phenoxy) is 5. The summed E-state index contributed by atoms with van der Waals surface area (Å²) in [6, 6.07) is 7.55. The number of fused-ring (bicyclic) bond motifs is 1. The Morgan fingerprint density at radius 2 is 1.32 bits per heavy atom. The van der Waals surface area contributed by atoms with Gasteiger partial charge in [0.2, 0.25) is 0 Å². The van der Waals surface area contributed by atoms with Crippen molar-refractivity contribution in [3.05, 3.63) is 23.8 Å². The van der Waals surface area contributed by atoms with E-state index in [4.69, 9.17) is 23.7 Å². The van der Waals surface area contributed by atoms with Gasteiger partial charge in [-0.1, -0.05) is 25.6 Å². The average Bonchev–Trinajstić information content (AvgIpc) is 2.66. The summed E-state index contributed by atoms with van der Waals surface area (Å²) in [7, 11) is 3.12. The van der Waals surface area contributed by atoms with Crippen LogP contribution in [-0.2, 0) is 20.6 Å². The second-order valence-corrected chi connectivity index (χ2v) is 12.9. The maximum absolute atomic E-state index is 5.96. The highest BCUT2D eigenvalue weighted by Gasteiger charge is 2.22. The summed E-state index contributed by atoms with van der Waals surface area (Å²) in [5.74, 6) is 1.55. The van der Waals surface area contributed by atoms with Crippen LogP contribution in [-0.4, -0.2) is 79.8 Å². The molecule has 0 atom stereocenters. The van der Waals surface area contributed by atoms with E-state index in [-0.39, 0.29) is 0 Å². The Morgan fingerprint density at radius 1 is 0.786 bits per heavy atom. The van der Waals surface area contributed by atoms with E-state index in [1.807, 2.05) is 6.07 Å². The van der Waals surface area contributed by atoms with Crippen LogP contribution in [0.2, 0.25) is 19.1 Å². The highest BCUT2D eigenvalue weighted by molar-refractivity contribution is 6.74. The SMILES string of the molecule is CN(C)[Si](C)(C)CCCc1ccc2c(c1)OCCOCCOCCOCCO2. The molecule has 0 bridgehead atoms. The molecule has 28 heavy (non-hydrogen) atoms. The molecule has 0 fully saturated rings. The molecule has 2 rings (SSSR count). The highest BCUT2D eigenvalue weighted by atomic mass is 28.3. The molecular formula is C21H37NO5Si. The van der Waals surface area contributed by atoms with Crippen molar-refractivity contribution in [3.8, 4) is 11.5 Å². The standard InChI is InChI=1S/C21H37NO5Si/c1-22(2)28(3,4)17-5-6-19-7-8-20-21(18-19)27-16-14-25-12-10-23-9-11-24-13-15-26-20/h7-8,18H,5-6,9-17H2,1-4H3. The lowest BCUT2D eigenvalue weighted by Gasteiger charge is -2.30. The van der Waals surface area contributed by atoms with Gasteiger partial charge in [-0.15, -0.1) is 0 Å². The largest absolute Gasteiger partial charge is 0.487 e. The van der Waals surface area contributed by atoms with Crippen molar-refractivity contribution >= 4 is 8.24 Å². The Bertz CT molecular complexity index is 568. The van der Waals surface area contributed by atoms with E-state index >= 15 is 0 Å². The van der Waals surface area contributed by atoms with Crippen LogP contribution in [0.15, 0.2) is 18.2 Å². The first-order valence-corrected chi connectivity index (χ1v) is 13.4. The van der Waals surface area contributed by atoms with Crippen LogP contribution in [0.1, 0.15) is 12.0 Å². The maximum Gasteiger partial charge on any atom is 0.161 e. The average molecular weight is 412 g/mol. The molecule has 0 radical (unpaired) electrons. The smallest absolute Gasteiger partial charge is 0.161 e. The minimum Gasteiger partial charge on any atom is -0.487 e. The Labute approximate surface area is 171 Å². The van der Waals surface area contributed by atoms with E-state index in [0.29, 0.717) is 52.9 Å². The third-order valence-electron chi connectivity index (χ3n) is 5.19. The van der Waals surface area contributed by atoms with Crippen LogP contribution < -0.4 is 9.47 Å². The molecule has 0 saturated heterocycles. The monoisotopic (exact) mass is 411 g/mol. The summed E-state index contributed by atoms with van der Waals surface area (Å²) in [6.07, 6.45) is 2.24. The first-order chi connectivity index (χ1) is 13.5. The van der Waals surface area contributed by atoms with Crippen molar-refractivity contribution in [2.45, 2.75) is 32.0 Å². The fraction of sp³-hybridized carbons (Fsp3) is 0.714. The van der Waals surface area contributed by atoms with Gasteiger partial charge in [-0.05, 0) is 44.3 Å². The van der Waals surface area contributed by atoms with Crippen LogP contribution in [0, 0.1) is 0 Å². The van der Waals surface area contributed by atoms with Crippen LogP contribution in [0.3, 0.4) is 0 Å². The van der Waals surface area contributed by atoms with Crippen LogP contribution in [0.4, 0.5) is 0 Å². The molecule has 0 aliphatic carbocycles. The zero-order valence-electron chi connectivity index (χ0n) is 18.0. The van der Waals surface area contributed by atoms with Crippen molar-refractivity contribution < 1.29 is 23.7 Å².